The molecule has 4 rings (SSSR count). The van der Waals surface area contributed by atoms with Crippen LogP contribution in [0.1, 0.15) is 23.8 Å². The van der Waals surface area contributed by atoms with Gasteiger partial charge in [0.05, 0.1) is 18.4 Å². The van der Waals surface area contributed by atoms with Gasteiger partial charge in [-0.2, -0.15) is 5.10 Å². The van der Waals surface area contributed by atoms with Crippen LogP contribution in [0.15, 0.2) is 41.4 Å². The number of benzene rings is 1. The first-order valence-corrected chi connectivity index (χ1v) is 9.54. The number of nitrogens with two attached hydrogens (primary N) is 1. The van der Waals surface area contributed by atoms with Gasteiger partial charge in [-0.3, -0.25) is 14.3 Å². The summed E-state index contributed by atoms with van der Waals surface area (Å²) in [5, 5.41) is 6.94. The SMILES string of the molecule is [2H]C([2H])([2H])C1(C(N)=O)NNC(NC(=O)C2CC2)=CC1=Nc1cccc(-c2ncn(C)n2)c1OC. The van der Waals surface area contributed by atoms with E-state index in [-0.39, 0.29) is 34.8 Å². The van der Waals surface area contributed by atoms with E-state index in [0.717, 1.165) is 12.8 Å². The molecule has 2 amide bonds. The maximum Gasteiger partial charge on any atom is 0.245 e. The molecule has 1 unspecified atom stereocenters. The highest BCUT2D eigenvalue weighted by Crippen LogP contribution is 2.37. The molecular weight excluding hydrogens is 400 g/mol. The lowest BCUT2D eigenvalue weighted by Crippen LogP contribution is -2.66. The van der Waals surface area contributed by atoms with E-state index in [9.17, 15) is 9.59 Å². The molecule has 1 aromatic carbocycles. The average Bonchev–Trinajstić information content (AvgIpc) is 3.53. The Balaban J connectivity index is 1.86. The van der Waals surface area contributed by atoms with Gasteiger partial charge in [-0.15, -0.1) is 0 Å². The van der Waals surface area contributed by atoms with E-state index in [1.54, 1.807) is 25.2 Å². The Kier molecular flexibility index (Phi) is 4.30. The lowest BCUT2D eigenvalue weighted by Gasteiger charge is -2.33. The molecule has 1 aliphatic carbocycles. The van der Waals surface area contributed by atoms with Crippen molar-refractivity contribution in [3.05, 3.63) is 36.4 Å². The fourth-order valence-electron chi connectivity index (χ4n) is 3.05. The molecule has 1 saturated carbocycles. The fraction of sp³-hybridized carbons (Fsp3) is 0.350. The standard InChI is InChI=1S/C20H24N8O3/c1-20(19(21)30)14(9-15(25-27-20)24-18(29)11-7-8-11)23-13-6-4-5-12(16(13)31-3)17-22-10-28(2)26-17/h4-6,9-11,25,27H,7-8H2,1-3H3,(H2,21,30)(H,24,29)/i1D3. The molecule has 5 N–H and O–H groups in total. The van der Waals surface area contributed by atoms with Crippen molar-refractivity contribution in [2.75, 3.05) is 7.11 Å². The van der Waals surface area contributed by atoms with Crippen LogP contribution in [0.3, 0.4) is 0 Å². The molecule has 11 heteroatoms. The van der Waals surface area contributed by atoms with Gasteiger partial charge < -0.3 is 21.2 Å². The third-order valence-electron chi connectivity index (χ3n) is 4.91. The Morgan fingerprint density at radius 1 is 1.45 bits per heavy atom. The zero-order chi connectivity index (χ0) is 24.7. The van der Waals surface area contributed by atoms with Crippen molar-refractivity contribution >= 4 is 23.2 Å². The molecule has 0 saturated heterocycles. The normalized spacial score (nSPS) is 23.7. The number of carbonyl (C=O) groups excluding carboxylic acids is 2. The highest BCUT2D eigenvalue weighted by molar-refractivity contribution is 6.19. The molecule has 1 fully saturated rings. The van der Waals surface area contributed by atoms with Crippen LogP contribution in [0, 0.1) is 5.92 Å². The first kappa shape index (κ1) is 17.0. The molecule has 2 aromatic rings. The third-order valence-corrected chi connectivity index (χ3v) is 4.91. The summed E-state index contributed by atoms with van der Waals surface area (Å²) < 4.78 is 31.2. The first-order chi connectivity index (χ1) is 16.1. The zero-order valence-corrected chi connectivity index (χ0v) is 17.0. The average molecular weight is 427 g/mol. The summed E-state index contributed by atoms with van der Waals surface area (Å²) in [7, 11) is 3.14. The Hall–Kier alpha value is -3.73. The van der Waals surface area contributed by atoms with Gasteiger partial charge in [0.25, 0.3) is 0 Å². The number of aliphatic imine (C=N–C) groups is 1. The van der Waals surface area contributed by atoms with E-state index in [2.05, 4.69) is 31.2 Å². The third kappa shape index (κ3) is 3.99. The molecule has 0 bridgehead atoms. The zero-order valence-electron chi connectivity index (χ0n) is 20.0. The predicted molar refractivity (Wildman–Crippen MR) is 113 cm³/mol. The lowest BCUT2D eigenvalue weighted by atomic mass is 9.93. The van der Waals surface area contributed by atoms with Crippen LogP contribution in [0.4, 0.5) is 5.69 Å². The van der Waals surface area contributed by atoms with Crippen LogP contribution < -0.4 is 26.6 Å². The van der Waals surface area contributed by atoms with Crippen molar-refractivity contribution in [3.8, 4) is 17.1 Å². The van der Waals surface area contributed by atoms with Gasteiger partial charge in [-0.1, -0.05) is 6.07 Å². The van der Waals surface area contributed by atoms with E-state index >= 15 is 0 Å². The molecule has 0 spiro atoms. The van der Waals surface area contributed by atoms with Crippen molar-refractivity contribution in [1.29, 1.82) is 0 Å². The number of amides is 2. The summed E-state index contributed by atoms with van der Waals surface area (Å²) in [4.78, 5) is 33.5. The topological polar surface area (TPSA) is 149 Å². The van der Waals surface area contributed by atoms with Crippen molar-refractivity contribution in [1.82, 2.24) is 30.9 Å². The number of hydrogen-bond acceptors (Lipinski definition) is 8. The van der Waals surface area contributed by atoms with Gasteiger partial charge in [0, 0.05) is 23.2 Å². The number of hydrazine groups is 1. The van der Waals surface area contributed by atoms with Gasteiger partial charge in [0.2, 0.25) is 11.8 Å². The number of para-hydroxylation sites is 1. The van der Waals surface area contributed by atoms with Crippen LogP contribution in [0.5, 0.6) is 5.75 Å². The molecule has 162 valence electrons. The van der Waals surface area contributed by atoms with Crippen LogP contribution in [-0.4, -0.2) is 44.9 Å². The number of nitrogens with one attached hydrogen (secondary N) is 3. The van der Waals surface area contributed by atoms with Crippen molar-refractivity contribution < 1.29 is 18.4 Å². The molecule has 1 atom stereocenters. The molecule has 1 aromatic heterocycles. The Bertz CT molecular complexity index is 1200. The second-order valence-electron chi connectivity index (χ2n) is 7.28. The summed E-state index contributed by atoms with van der Waals surface area (Å²) in [6, 6.07) is 4.98. The molecule has 31 heavy (non-hydrogen) atoms. The minimum atomic E-state index is -2.93. The number of nitrogens with zero attached hydrogens (tertiary/aromatic N) is 4. The minimum Gasteiger partial charge on any atom is -0.494 e. The van der Waals surface area contributed by atoms with E-state index in [4.69, 9.17) is 14.6 Å². The summed E-state index contributed by atoms with van der Waals surface area (Å²) in [5.74, 6) is -0.727. The highest BCUT2D eigenvalue weighted by Gasteiger charge is 2.40. The number of aryl methyl sites for hydroxylation is 1. The van der Waals surface area contributed by atoms with Crippen molar-refractivity contribution in [3.63, 3.8) is 0 Å². The number of aromatic nitrogens is 3. The van der Waals surface area contributed by atoms with E-state index in [1.165, 1.54) is 24.2 Å². The maximum absolute atomic E-state index is 12.5. The predicted octanol–water partition coefficient (Wildman–Crippen LogP) is 0.283. The maximum atomic E-state index is 12.5. The molecule has 11 nitrogen and oxygen atoms in total. The second kappa shape index (κ2) is 7.84. The highest BCUT2D eigenvalue weighted by atomic mass is 16.5. The number of rotatable bonds is 6. The number of methoxy groups -OCH3 is 1. The largest absolute Gasteiger partial charge is 0.494 e. The summed E-state index contributed by atoms with van der Waals surface area (Å²) in [6.45, 7) is -2.93. The minimum absolute atomic E-state index is 0.101. The first-order valence-electron chi connectivity index (χ1n) is 11.0. The molecule has 0 radical (unpaired) electrons. The van der Waals surface area contributed by atoms with E-state index < -0.39 is 18.3 Å². The Labute approximate surface area is 182 Å². The number of primary amides is 1. The summed E-state index contributed by atoms with van der Waals surface area (Å²) in [5.41, 5.74) is 8.75. The molecule has 1 aliphatic heterocycles. The van der Waals surface area contributed by atoms with E-state index in [0.29, 0.717) is 11.4 Å². The quantitative estimate of drug-likeness (QED) is 0.517. The van der Waals surface area contributed by atoms with Gasteiger partial charge >= 0.3 is 0 Å². The Morgan fingerprint density at radius 3 is 2.87 bits per heavy atom. The van der Waals surface area contributed by atoms with Crippen LogP contribution in [0.25, 0.3) is 11.4 Å². The molecule has 2 heterocycles. The lowest BCUT2D eigenvalue weighted by molar-refractivity contribution is -0.121. The van der Waals surface area contributed by atoms with Crippen LogP contribution >= 0.6 is 0 Å². The fourth-order valence-corrected chi connectivity index (χ4v) is 3.05. The van der Waals surface area contributed by atoms with Gasteiger partial charge in [0.15, 0.2) is 17.1 Å². The molecular formula is C20H24N8O3. The van der Waals surface area contributed by atoms with Crippen molar-refractivity contribution in [2.45, 2.75) is 25.2 Å². The van der Waals surface area contributed by atoms with Crippen LogP contribution in [-0.2, 0) is 16.6 Å². The van der Waals surface area contributed by atoms with Gasteiger partial charge in [0.1, 0.15) is 17.8 Å². The monoisotopic (exact) mass is 427 g/mol. The summed E-state index contributed by atoms with van der Waals surface area (Å²) in [6.07, 6.45) is 4.35. The van der Waals surface area contributed by atoms with E-state index in [1.807, 2.05) is 0 Å². The van der Waals surface area contributed by atoms with Crippen molar-refractivity contribution in [2.24, 2.45) is 23.7 Å². The number of carbonyl (C=O) groups is 2. The van der Waals surface area contributed by atoms with Gasteiger partial charge in [-0.05, 0) is 31.8 Å². The number of ether oxygens (including phenoxy) is 1. The second-order valence-corrected chi connectivity index (χ2v) is 7.28. The smallest absolute Gasteiger partial charge is 0.245 e. The summed E-state index contributed by atoms with van der Waals surface area (Å²) >= 11 is 0. The Morgan fingerprint density at radius 2 is 2.26 bits per heavy atom. The molecule has 2 aliphatic rings. The number of hydrogen-bond donors (Lipinski definition) is 4. The van der Waals surface area contributed by atoms with Crippen LogP contribution in [0.2, 0.25) is 0 Å². The van der Waals surface area contributed by atoms with Gasteiger partial charge in [-0.25, -0.2) is 15.4 Å².